The van der Waals surface area contributed by atoms with E-state index in [1.807, 2.05) is 19.1 Å². The van der Waals surface area contributed by atoms with Gasteiger partial charge in [0.2, 0.25) is 0 Å². The second-order valence-corrected chi connectivity index (χ2v) is 5.49. The number of hydrogen-bond acceptors (Lipinski definition) is 3. The van der Waals surface area contributed by atoms with Crippen molar-refractivity contribution >= 4 is 44.0 Å². The molecule has 0 aliphatic heterocycles. The molecule has 1 heterocycles. The molecular weight excluding hydrogens is 376 g/mol. The van der Waals surface area contributed by atoms with Gasteiger partial charge in [-0.1, -0.05) is 31.9 Å². The molecule has 4 nitrogen and oxygen atoms in total. The third kappa shape index (κ3) is 3.54. The van der Waals surface area contributed by atoms with E-state index in [9.17, 15) is 4.79 Å². The van der Waals surface area contributed by atoms with Gasteiger partial charge in [0, 0.05) is 8.95 Å². The molecule has 1 aromatic carbocycles. The molecule has 0 saturated heterocycles. The standard InChI is InChI=1S/C13H10Br2N2O2/c1-8-10(14)5-9(6-11(8)15)7-16-17-13(18)12-3-2-4-19-12/h2-7H,1H3,(H,17,18)/b16-7-. The van der Waals surface area contributed by atoms with E-state index >= 15 is 0 Å². The van der Waals surface area contributed by atoms with Crippen LogP contribution in [0.15, 0.2) is 49.0 Å². The number of rotatable bonds is 3. The SMILES string of the molecule is Cc1c(Br)cc(/C=N\NC(=O)c2ccco2)cc1Br. The van der Waals surface area contributed by atoms with Gasteiger partial charge in [0.1, 0.15) is 0 Å². The van der Waals surface area contributed by atoms with Gasteiger partial charge in [-0.25, -0.2) is 5.43 Å². The van der Waals surface area contributed by atoms with E-state index in [4.69, 9.17) is 4.42 Å². The lowest BCUT2D eigenvalue weighted by molar-refractivity contribution is 0.0927. The molecule has 1 N–H and O–H groups in total. The smallest absolute Gasteiger partial charge is 0.307 e. The van der Waals surface area contributed by atoms with Crippen LogP contribution in [0.5, 0.6) is 0 Å². The maximum Gasteiger partial charge on any atom is 0.307 e. The van der Waals surface area contributed by atoms with Gasteiger partial charge in [0.25, 0.3) is 0 Å². The lowest BCUT2D eigenvalue weighted by atomic mass is 10.2. The highest BCUT2D eigenvalue weighted by atomic mass is 79.9. The van der Waals surface area contributed by atoms with Gasteiger partial charge in [0.05, 0.1) is 12.5 Å². The fourth-order valence-electron chi connectivity index (χ4n) is 1.37. The molecule has 0 bridgehead atoms. The quantitative estimate of drug-likeness (QED) is 0.643. The van der Waals surface area contributed by atoms with E-state index in [1.54, 1.807) is 18.3 Å². The van der Waals surface area contributed by atoms with E-state index in [0.717, 1.165) is 20.1 Å². The van der Waals surface area contributed by atoms with Gasteiger partial charge in [-0.2, -0.15) is 5.10 Å². The zero-order valence-corrected chi connectivity index (χ0v) is 13.2. The van der Waals surface area contributed by atoms with E-state index in [-0.39, 0.29) is 11.7 Å². The highest BCUT2D eigenvalue weighted by Crippen LogP contribution is 2.25. The van der Waals surface area contributed by atoms with Crippen LogP contribution in [-0.2, 0) is 0 Å². The number of carbonyl (C=O) groups is 1. The number of benzene rings is 1. The Balaban J connectivity index is 2.05. The number of furan rings is 1. The predicted molar refractivity (Wildman–Crippen MR) is 80.3 cm³/mol. The number of nitrogens with one attached hydrogen (secondary N) is 1. The third-order valence-corrected chi connectivity index (χ3v) is 4.08. The first-order valence-electron chi connectivity index (χ1n) is 5.40. The number of carbonyl (C=O) groups excluding carboxylic acids is 1. The molecule has 0 aliphatic carbocycles. The number of nitrogens with zero attached hydrogens (tertiary/aromatic N) is 1. The molecule has 0 saturated carbocycles. The summed E-state index contributed by atoms with van der Waals surface area (Å²) in [6, 6.07) is 7.06. The maximum absolute atomic E-state index is 11.5. The first kappa shape index (κ1) is 14.0. The van der Waals surface area contributed by atoms with E-state index in [0.29, 0.717) is 0 Å². The van der Waals surface area contributed by atoms with E-state index < -0.39 is 0 Å². The van der Waals surface area contributed by atoms with Gasteiger partial charge in [-0.3, -0.25) is 4.79 Å². The first-order chi connectivity index (χ1) is 9.08. The number of halogens is 2. The highest BCUT2D eigenvalue weighted by molar-refractivity contribution is 9.11. The molecular formula is C13H10Br2N2O2. The molecule has 0 radical (unpaired) electrons. The summed E-state index contributed by atoms with van der Waals surface area (Å²) >= 11 is 6.91. The number of amides is 1. The Labute approximate surface area is 127 Å². The van der Waals surface area contributed by atoms with Crippen molar-refractivity contribution in [1.82, 2.24) is 5.43 Å². The zero-order chi connectivity index (χ0) is 13.8. The minimum absolute atomic E-state index is 0.225. The van der Waals surface area contributed by atoms with Gasteiger partial charge in [-0.15, -0.1) is 0 Å². The van der Waals surface area contributed by atoms with Crippen molar-refractivity contribution in [2.45, 2.75) is 6.92 Å². The van der Waals surface area contributed by atoms with Crippen molar-refractivity contribution in [1.29, 1.82) is 0 Å². The maximum atomic E-state index is 11.5. The second kappa shape index (κ2) is 6.16. The Morgan fingerprint density at radius 2 is 2.05 bits per heavy atom. The van der Waals surface area contributed by atoms with Crippen LogP contribution < -0.4 is 5.43 Å². The summed E-state index contributed by atoms with van der Waals surface area (Å²) in [7, 11) is 0. The van der Waals surface area contributed by atoms with Gasteiger partial charge >= 0.3 is 5.91 Å². The topological polar surface area (TPSA) is 54.6 Å². The molecule has 0 fully saturated rings. The molecule has 2 rings (SSSR count). The zero-order valence-electron chi connectivity index (χ0n) is 9.98. The van der Waals surface area contributed by atoms with Gasteiger partial charge < -0.3 is 4.42 Å². The van der Waals surface area contributed by atoms with Crippen molar-refractivity contribution in [2.75, 3.05) is 0 Å². The summed E-state index contributed by atoms with van der Waals surface area (Å²) < 4.78 is 6.90. The van der Waals surface area contributed by atoms with E-state index in [2.05, 4.69) is 42.4 Å². The van der Waals surface area contributed by atoms with Crippen molar-refractivity contribution in [3.8, 4) is 0 Å². The molecule has 98 valence electrons. The summed E-state index contributed by atoms with van der Waals surface area (Å²) in [6.07, 6.45) is 3.00. The predicted octanol–water partition coefficient (Wildman–Crippen LogP) is 3.88. The molecule has 0 aliphatic rings. The fraction of sp³-hybridized carbons (Fsp3) is 0.0769. The normalized spacial score (nSPS) is 10.9. The molecule has 0 spiro atoms. The summed E-state index contributed by atoms with van der Waals surface area (Å²) in [6.45, 7) is 1.99. The van der Waals surface area contributed by atoms with Crippen LogP contribution >= 0.6 is 31.9 Å². The average Bonchev–Trinajstić information content (AvgIpc) is 2.89. The Morgan fingerprint density at radius 1 is 1.37 bits per heavy atom. The summed E-state index contributed by atoms with van der Waals surface area (Å²) in [5.74, 6) is -0.157. The van der Waals surface area contributed by atoms with Crippen LogP contribution in [0.4, 0.5) is 0 Å². The lowest BCUT2D eigenvalue weighted by Gasteiger charge is -2.03. The summed E-state index contributed by atoms with van der Waals surface area (Å²) in [5.41, 5.74) is 4.37. The Morgan fingerprint density at radius 3 is 2.63 bits per heavy atom. The lowest BCUT2D eigenvalue weighted by Crippen LogP contribution is -2.16. The number of hydrazone groups is 1. The van der Waals surface area contributed by atoms with Crippen LogP contribution in [-0.4, -0.2) is 12.1 Å². The van der Waals surface area contributed by atoms with E-state index in [1.165, 1.54) is 6.26 Å². The van der Waals surface area contributed by atoms with Gasteiger partial charge in [-0.05, 0) is 42.3 Å². The molecule has 6 heteroatoms. The molecule has 2 aromatic rings. The summed E-state index contributed by atoms with van der Waals surface area (Å²) in [5, 5.41) is 3.88. The van der Waals surface area contributed by atoms with Crippen molar-refractivity contribution in [2.24, 2.45) is 5.10 Å². The Bertz CT molecular complexity index is 599. The van der Waals surface area contributed by atoms with Gasteiger partial charge in [0.15, 0.2) is 5.76 Å². The van der Waals surface area contributed by atoms with Crippen LogP contribution in [0.25, 0.3) is 0 Å². The number of hydrogen-bond donors (Lipinski definition) is 1. The molecule has 1 amide bonds. The van der Waals surface area contributed by atoms with Crippen molar-refractivity contribution in [3.63, 3.8) is 0 Å². The minimum Gasteiger partial charge on any atom is -0.459 e. The van der Waals surface area contributed by atoms with Crippen LogP contribution in [0, 0.1) is 6.92 Å². The minimum atomic E-state index is -0.383. The summed E-state index contributed by atoms with van der Waals surface area (Å²) in [4.78, 5) is 11.5. The van der Waals surface area contributed by atoms with Crippen LogP contribution in [0.1, 0.15) is 21.7 Å². The van der Waals surface area contributed by atoms with Crippen molar-refractivity contribution < 1.29 is 9.21 Å². The molecule has 0 unspecified atom stereocenters. The largest absolute Gasteiger partial charge is 0.459 e. The first-order valence-corrected chi connectivity index (χ1v) is 6.99. The second-order valence-electron chi connectivity index (χ2n) is 3.79. The van der Waals surface area contributed by atoms with Crippen LogP contribution in [0.3, 0.4) is 0 Å². The molecule has 0 atom stereocenters. The molecule has 1 aromatic heterocycles. The Hall–Kier alpha value is -1.40. The fourth-order valence-corrected chi connectivity index (χ4v) is 2.59. The Kier molecular flexibility index (Phi) is 4.55. The third-order valence-electron chi connectivity index (χ3n) is 2.43. The monoisotopic (exact) mass is 384 g/mol. The van der Waals surface area contributed by atoms with Crippen molar-refractivity contribution in [3.05, 3.63) is 56.4 Å². The van der Waals surface area contributed by atoms with Crippen LogP contribution in [0.2, 0.25) is 0 Å². The average molecular weight is 386 g/mol. The highest BCUT2D eigenvalue weighted by Gasteiger charge is 2.06. The molecule has 19 heavy (non-hydrogen) atoms.